The van der Waals surface area contributed by atoms with Gasteiger partial charge in [-0.1, -0.05) is 6.07 Å². The number of anilines is 1. The standard InChI is InChI=1S/C20H19FN2O5/c21-14-6-8-16(9-7-14)28-17(20(26)27)11-22-18(24)13-2-1-3-15(10-13)23-19(25)12-4-5-12/h1-3,6-10,12,17H,4-5,11H2,(H,22,24)(H,23,25)(H,26,27). The van der Waals surface area contributed by atoms with Crippen LogP contribution < -0.4 is 15.4 Å². The lowest BCUT2D eigenvalue weighted by Gasteiger charge is -2.16. The fourth-order valence-corrected chi connectivity index (χ4v) is 2.47. The highest BCUT2D eigenvalue weighted by Gasteiger charge is 2.29. The van der Waals surface area contributed by atoms with E-state index in [4.69, 9.17) is 4.74 Å². The van der Waals surface area contributed by atoms with Crippen molar-refractivity contribution >= 4 is 23.5 Å². The Morgan fingerprint density at radius 3 is 2.50 bits per heavy atom. The van der Waals surface area contributed by atoms with Crippen LogP contribution in [0.5, 0.6) is 5.75 Å². The van der Waals surface area contributed by atoms with Crippen LogP contribution >= 0.6 is 0 Å². The summed E-state index contributed by atoms with van der Waals surface area (Å²) in [6.07, 6.45) is 0.403. The Bertz CT molecular complexity index is 880. The van der Waals surface area contributed by atoms with Crippen molar-refractivity contribution in [2.24, 2.45) is 5.92 Å². The molecule has 0 bridgehead atoms. The Morgan fingerprint density at radius 1 is 1.14 bits per heavy atom. The highest BCUT2D eigenvalue weighted by atomic mass is 19.1. The lowest BCUT2D eigenvalue weighted by atomic mass is 10.1. The van der Waals surface area contributed by atoms with Gasteiger partial charge in [0.15, 0.2) is 0 Å². The Kier molecular flexibility index (Phi) is 5.88. The number of amides is 2. The molecular formula is C20H19FN2O5. The second-order valence-corrected chi connectivity index (χ2v) is 6.45. The van der Waals surface area contributed by atoms with Gasteiger partial charge < -0.3 is 20.5 Å². The van der Waals surface area contributed by atoms with Crippen molar-refractivity contribution in [1.82, 2.24) is 5.32 Å². The van der Waals surface area contributed by atoms with Crippen LogP contribution in [-0.4, -0.2) is 35.5 Å². The summed E-state index contributed by atoms with van der Waals surface area (Å²) in [5.41, 5.74) is 0.779. The van der Waals surface area contributed by atoms with Crippen molar-refractivity contribution in [3.8, 4) is 5.75 Å². The molecule has 1 aliphatic rings. The zero-order valence-corrected chi connectivity index (χ0v) is 14.9. The number of carbonyl (C=O) groups is 3. The third kappa shape index (κ3) is 5.29. The lowest BCUT2D eigenvalue weighted by Crippen LogP contribution is -2.40. The monoisotopic (exact) mass is 386 g/mol. The van der Waals surface area contributed by atoms with E-state index in [0.717, 1.165) is 25.0 Å². The van der Waals surface area contributed by atoms with E-state index in [1.165, 1.54) is 18.2 Å². The average molecular weight is 386 g/mol. The SMILES string of the molecule is O=C(NCC(Oc1ccc(F)cc1)C(=O)O)c1cccc(NC(=O)C2CC2)c1. The van der Waals surface area contributed by atoms with Crippen LogP contribution in [0.2, 0.25) is 0 Å². The summed E-state index contributed by atoms with van der Waals surface area (Å²) >= 11 is 0. The highest BCUT2D eigenvalue weighted by molar-refractivity contribution is 5.98. The number of carbonyl (C=O) groups excluding carboxylic acids is 2. The predicted molar refractivity (Wildman–Crippen MR) is 98.6 cm³/mol. The minimum Gasteiger partial charge on any atom is -0.478 e. The van der Waals surface area contributed by atoms with E-state index in [-0.39, 0.29) is 29.7 Å². The van der Waals surface area contributed by atoms with Gasteiger partial charge in [0.05, 0.1) is 6.54 Å². The molecule has 0 spiro atoms. The number of ether oxygens (including phenoxy) is 1. The first kappa shape index (κ1) is 19.3. The van der Waals surface area contributed by atoms with Crippen LogP contribution in [0.15, 0.2) is 48.5 Å². The summed E-state index contributed by atoms with van der Waals surface area (Å²) in [6.45, 7) is -0.287. The molecule has 3 rings (SSSR count). The summed E-state index contributed by atoms with van der Waals surface area (Å²) in [6, 6.07) is 11.3. The molecule has 8 heteroatoms. The maximum absolute atomic E-state index is 12.9. The summed E-state index contributed by atoms with van der Waals surface area (Å²) in [4.78, 5) is 35.5. The Hall–Kier alpha value is -3.42. The summed E-state index contributed by atoms with van der Waals surface area (Å²) in [5.74, 6) is -2.10. The Labute approximate surface area is 160 Å². The van der Waals surface area contributed by atoms with E-state index in [9.17, 15) is 23.9 Å². The number of hydrogen-bond donors (Lipinski definition) is 3. The van der Waals surface area contributed by atoms with E-state index in [1.807, 2.05) is 0 Å². The van der Waals surface area contributed by atoms with E-state index in [1.54, 1.807) is 18.2 Å². The first-order valence-electron chi connectivity index (χ1n) is 8.76. The van der Waals surface area contributed by atoms with Crippen molar-refractivity contribution in [2.75, 3.05) is 11.9 Å². The average Bonchev–Trinajstić information content (AvgIpc) is 3.51. The quantitative estimate of drug-likeness (QED) is 0.646. The Balaban J connectivity index is 1.58. The summed E-state index contributed by atoms with van der Waals surface area (Å²) < 4.78 is 18.2. The molecule has 1 aliphatic carbocycles. The second kappa shape index (κ2) is 8.51. The van der Waals surface area contributed by atoms with Crippen molar-refractivity contribution in [3.63, 3.8) is 0 Å². The lowest BCUT2D eigenvalue weighted by molar-refractivity contribution is -0.144. The van der Waals surface area contributed by atoms with Gasteiger partial charge in [0.1, 0.15) is 11.6 Å². The number of hydrogen-bond acceptors (Lipinski definition) is 4. The fourth-order valence-electron chi connectivity index (χ4n) is 2.47. The van der Waals surface area contributed by atoms with Crippen LogP contribution in [-0.2, 0) is 9.59 Å². The van der Waals surface area contributed by atoms with Crippen molar-refractivity contribution < 1.29 is 28.6 Å². The number of benzene rings is 2. The van der Waals surface area contributed by atoms with Gasteiger partial charge in [-0.15, -0.1) is 0 Å². The molecule has 1 unspecified atom stereocenters. The molecule has 2 amide bonds. The second-order valence-electron chi connectivity index (χ2n) is 6.45. The molecule has 1 saturated carbocycles. The first-order chi connectivity index (χ1) is 13.4. The van der Waals surface area contributed by atoms with Gasteiger partial charge in [-0.3, -0.25) is 9.59 Å². The number of halogens is 1. The van der Waals surface area contributed by atoms with E-state index in [0.29, 0.717) is 5.69 Å². The van der Waals surface area contributed by atoms with Crippen molar-refractivity contribution in [3.05, 3.63) is 59.9 Å². The van der Waals surface area contributed by atoms with Crippen LogP contribution in [0.25, 0.3) is 0 Å². The van der Waals surface area contributed by atoms with Crippen LogP contribution in [0, 0.1) is 11.7 Å². The Morgan fingerprint density at radius 2 is 1.86 bits per heavy atom. The molecule has 1 fully saturated rings. The predicted octanol–water partition coefficient (Wildman–Crippen LogP) is 2.44. The highest BCUT2D eigenvalue weighted by Crippen LogP contribution is 2.30. The molecule has 2 aromatic carbocycles. The molecule has 2 aromatic rings. The normalized spacial score (nSPS) is 14.0. The van der Waals surface area contributed by atoms with Gasteiger partial charge in [-0.05, 0) is 55.3 Å². The first-order valence-corrected chi connectivity index (χ1v) is 8.76. The largest absolute Gasteiger partial charge is 0.478 e. The maximum Gasteiger partial charge on any atom is 0.346 e. The molecule has 0 heterocycles. The zero-order valence-electron chi connectivity index (χ0n) is 14.9. The van der Waals surface area contributed by atoms with E-state index < -0.39 is 23.8 Å². The van der Waals surface area contributed by atoms with Crippen LogP contribution in [0.1, 0.15) is 23.2 Å². The van der Waals surface area contributed by atoms with Crippen molar-refractivity contribution in [1.29, 1.82) is 0 Å². The number of carboxylic acids is 1. The molecule has 0 radical (unpaired) electrons. The van der Waals surface area contributed by atoms with Gasteiger partial charge in [0.25, 0.3) is 5.91 Å². The number of carboxylic acid groups (broad SMARTS) is 1. The molecule has 0 aliphatic heterocycles. The number of rotatable bonds is 8. The molecule has 3 N–H and O–H groups in total. The van der Waals surface area contributed by atoms with E-state index in [2.05, 4.69) is 10.6 Å². The van der Waals surface area contributed by atoms with Crippen LogP contribution in [0.3, 0.4) is 0 Å². The molecular weight excluding hydrogens is 367 g/mol. The molecule has 7 nitrogen and oxygen atoms in total. The van der Waals surface area contributed by atoms with Gasteiger partial charge >= 0.3 is 5.97 Å². The van der Waals surface area contributed by atoms with Gasteiger partial charge in [-0.2, -0.15) is 0 Å². The number of nitrogens with one attached hydrogen (secondary N) is 2. The van der Waals surface area contributed by atoms with Crippen LogP contribution in [0.4, 0.5) is 10.1 Å². The minimum absolute atomic E-state index is 0.0393. The summed E-state index contributed by atoms with van der Waals surface area (Å²) in [5, 5.41) is 14.5. The fraction of sp³-hybridized carbons (Fsp3) is 0.250. The summed E-state index contributed by atoms with van der Waals surface area (Å²) in [7, 11) is 0. The smallest absolute Gasteiger partial charge is 0.346 e. The third-order valence-electron chi connectivity index (χ3n) is 4.16. The topological polar surface area (TPSA) is 105 Å². The van der Waals surface area contributed by atoms with Gasteiger partial charge in [0.2, 0.25) is 12.0 Å². The number of aliphatic carboxylic acids is 1. The third-order valence-corrected chi connectivity index (χ3v) is 4.16. The molecule has 28 heavy (non-hydrogen) atoms. The molecule has 1 atom stereocenters. The zero-order chi connectivity index (χ0) is 20.1. The maximum atomic E-state index is 12.9. The molecule has 0 aromatic heterocycles. The van der Waals surface area contributed by atoms with E-state index >= 15 is 0 Å². The van der Waals surface area contributed by atoms with Gasteiger partial charge in [0, 0.05) is 17.2 Å². The minimum atomic E-state index is -1.34. The van der Waals surface area contributed by atoms with Crippen molar-refractivity contribution in [2.45, 2.75) is 18.9 Å². The molecule has 0 saturated heterocycles. The van der Waals surface area contributed by atoms with Gasteiger partial charge in [-0.25, -0.2) is 9.18 Å². The molecule has 146 valence electrons.